The number of morpholine rings is 4. The third-order valence-electron chi connectivity index (χ3n) is 24.7. The van der Waals surface area contributed by atoms with E-state index in [0.717, 1.165) is 216 Å². The highest BCUT2D eigenvalue weighted by molar-refractivity contribution is 6.09. The predicted molar refractivity (Wildman–Crippen MR) is 424 cm³/mol. The largest absolute Gasteiger partial charge is 0.432 e. The van der Waals surface area contributed by atoms with Crippen LogP contribution in [0.15, 0.2) is 141 Å². The Labute approximate surface area is 637 Å². The molecule has 27 nitrogen and oxygen atoms in total. The number of rotatable bonds is 12. The Balaban J connectivity index is 0.000000102. The third kappa shape index (κ3) is 12.1. The number of H-pyrrole nitrogens is 3. The molecule has 12 aromatic heterocycles. The smallest absolute Gasteiger partial charge is 0.229 e. The topological polar surface area (TPSA) is 272 Å². The number of benzene rings is 3. The maximum absolute atomic E-state index is 6.37. The van der Waals surface area contributed by atoms with Crippen LogP contribution in [-0.2, 0) is 43.3 Å². The molecular formula is C84H85N19O8. The number of likely N-dealkylation sites (tertiary alicyclic amines) is 4. The number of hydrogen-bond acceptors (Lipinski definition) is 24. The molecule has 24 rings (SSSR count). The molecule has 3 N–H and O–H groups in total. The van der Waals surface area contributed by atoms with Crippen molar-refractivity contribution in [1.82, 2.24) is 79.4 Å². The average molecular weight is 1490 g/mol. The van der Waals surface area contributed by atoms with Crippen LogP contribution in [0.2, 0.25) is 0 Å². The monoisotopic (exact) mass is 1490 g/mol. The quantitative estimate of drug-likeness (QED) is 0.103. The summed E-state index contributed by atoms with van der Waals surface area (Å²) in [5, 5.41) is 6.13. The van der Waals surface area contributed by atoms with Gasteiger partial charge in [0.1, 0.15) is 16.6 Å². The molecule has 1 unspecified atom stereocenters. The Kier molecular flexibility index (Phi) is 16.6. The number of furan rings is 3. The Morgan fingerprint density at radius 1 is 0.450 bits per heavy atom. The number of nitrogens with one attached hydrogen (secondary N) is 3. The lowest BCUT2D eigenvalue weighted by Gasteiger charge is -2.57. The van der Waals surface area contributed by atoms with Gasteiger partial charge in [0.05, 0.1) is 87.3 Å². The van der Waals surface area contributed by atoms with E-state index >= 15 is 0 Å². The normalized spacial score (nSPS) is 21.8. The Hall–Kier alpha value is -10.6. The molecule has 9 saturated heterocycles. The van der Waals surface area contributed by atoms with Crippen LogP contribution in [0.4, 0.5) is 17.5 Å². The highest BCUT2D eigenvalue weighted by Gasteiger charge is 2.50. The van der Waals surface area contributed by atoms with Crippen LogP contribution in [0.25, 0.3) is 133 Å². The molecule has 0 saturated carbocycles. The molecule has 111 heavy (non-hydrogen) atoms. The summed E-state index contributed by atoms with van der Waals surface area (Å²) in [4.78, 5) is 71.4. The number of pyridine rings is 3. The van der Waals surface area contributed by atoms with Gasteiger partial charge in [-0.2, -0.15) is 0 Å². The molecule has 2 bridgehead atoms. The average Bonchev–Trinajstić information content (AvgIpc) is 0.821. The molecule has 3 aromatic carbocycles. The number of anilines is 3. The molecule has 9 aliphatic rings. The SMILES string of the molecule is CN1CCC2(CCN(Cc3cnc4oc5c(N6CCOCC6)nc(-c6cccc7[nH]ccc67)nc5c4c3)C2)C1.c1cc(-c2nc(N3CCOCC3)c3oc4ncc(CN5CCC56COC6)cc4c3n2)c2cc[nH]c2c1.c1cc(-c2nc(N3CCOCC3)c3oc4ncc(CN5C[C@H]6C[C@@H]5CO6)cc4c3n2)c2cc[nH]c2c1. The van der Waals surface area contributed by atoms with Crippen molar-refractivity contribution in [2.75, 3.05) is 160 Å². The van der Waals surface area contributed by atoms with Crippen molar-refractivity contribution in [3.05, 3.63) is 145 Å². The van der Waals surface area contributed by atoms with Gasteiger partial charge in [-0.15, -0.1) is 0 Å². The van der Waals surface area contributed by atoms with Crippen LogP contribution in [0.1, 0.15) is 42.4 Å². The van der Waals surface area contributed by atoms with E-state index in [2.05, 4.69) is 129 Å². The first-order valence-corrected chi connectivity index (χ1v) is 39.3. The molecular weight excluding hydrogens is 1400 g/mol. The van der Waals surface area contributed by atoms with Crippen molar-refractivity contribution in [1.29, 1.82) is 0 Å². The first-order valence-electron chi connectivity index (χ1n) is 39.3. The molecule has 9 aliphatic heterocycles. The van der Waals surface area contributed by atoms with Gasteiger partial charge in [-0.25, -0.2) is 44.9 Å². The molecule has 0 radical (unpaired) electrons. The van der Waals surface area contributed by atoms with Gasteiger partial charge in [0.15, 0.2) is 51.7 Å². The van der Waals surface area contributed by atoms with E-state index in [1.54, 1.807) is 0 Å². The fourth-order valence-corrected chi connectivity index (χ4v) is 18.6. The molecule has 0 aliphatic carbocycles. The Morgan fingerprint density at radius 2 is 0.901 bits per heavy atom. The minimum Gasteiger partial charge on any atom is -0.432 e. The summed E-state index contributed by atoms with van der Waals surface area (Å²) >= 11 is 0. The van der Waals surface area contributed by atoms with Crippen LogP contribution in [0, 0.1) is 5.41 Å². The van der Waals surface area contributed by atoms with Crippen molar-refractivity contribution >= 4 is 117 Å². The highest BCUT2D eigenvalue weighted by atomic mass is 16.5. The van der Waals surface area contributed by atoms with Gasteiger partial charge in [0.25, 0.3) is 0 Å². The lowest BCUT2D eigenvalue weighted by atomic mass is 9.82. The number of hydrogen-bond donors (Lipinski definition) is 3. The minimum absolute atomic E-state index is 0.238. The summed E-state index contributed by atoms with van der Waals surface area (Å²) in [6.45, 7) is 20.5. The van der Waals surface area contributed by atoms with Gasteiger partial charge in [-0.1, -0.05) is 36.4 Å². The summed E-state index contributed by atoms with van der Waals surface area (Å²) in [5.41, 5.74) is 16.8. The van der Waals surface area contributed by atoms with Crippen LogP contribution in [0.3, 0.4) is 0 Å². The van der Waals surface area contributed by atoms with E-state index in [4.69, 9.17) is 81.8 Å². The van der Waals surface area contributed by atoms with E-state index in [-0.39, 0.29) is 5.54 Å². The number of ether oxygens (including phenoxy) is 5. The summed E-state index contributed by atoms with van der Waals surface area (Å²) in [5.74, 6) is 4.51. The van der Waals surface area contributed by atoms with Gasteiger partial charge < -0.3 is 71.5 Å². The minimum atomic E-state index is 0.238. The zero-order valence-electron chi connectivity index (χ0n) is 62.0. The highest BCUT2D eigenvalue weighted by Crippen LogP contribution is 2.45. The number of aromatic nitrogens is 12. The number of fused-ring (bicyclic) bond motifs is 14. The molecule has 21 heterocycles. The van der Waals surface area contributed by atoms with Crippen molar-refractivity contribution in [3.63, 3.8) is 0 Å². The second-order valence-corrected chi connectivity index (χ2v) is 31.7. The van der Waals surface area contributed by atoms with E-state index in [0.29, 0.717) is 109 Å². The zero-order chi connectivity index (χ0) is 73.3. The molecule has 2 spiro atoms. The summed E-state index contributed by atoms with van der Waals surface area (Å²) in [6.07, 6.45) is 17.0. The zero-order valence-corrected chi connectivity index (χ0v) is 62.0. The maximum Gasteiger partial charge on any atom is 0.229 e. The van der Waals surface area contributed by atoms with Crippen LogP contribution in [-0.4, -0.2) is 242 Å². The maximum atomic E-state index is 6.37. The van der Waals surface area contributed by atoms with E-state index in [9.17, 15) is 0 Å². The van der Waals surface area contributed by atoms with Gasteiger partial charge in [0.2, 0.25) is 17.1 Å². The predicted octanol–water partition coefficient (Wildman–Crippen LogP) is 11.7. The van der Waals surface area contributed by atoms with Crippen molar-refractivity contribution in [3.8, 4) is 34.2 Å². The standard InChI is InChI=1S/C30H33N7O2.2C27H26N6O3/c1-35-9-6-30(18-35)7-10-36(19-30)17-20-15-23-25-26(39-29(23)32-16-20)28(37-11-13-38-14-12-37)34-27(33-25)22-3-2-4-24-21(22)5-8-31-24;1-2-19(18-4-6-28-21(18)3-1)24-30-22-20-12-17(14-33-7-5-27(33)15-35-16-27)13-29-26(20)36-23(22)25(31-24)32-8-10-34-11-9-32;1-2-20(19-4-5-28-22(19)3-1)25-30-23-21-10-16(13-33-14-18-11-17(33)15-35-18)12-29-27(21)36-24(23)26(31-25)32-6-8-34-9-7-32/h2-5,8,15-16,31H,6-7,9-14,17-19H2,1H3;1-4,6,12-13,28H,5,7-11,14-16H2;1-5,10,12,17-18,28H,6-9,11,13-15H2/t;;17-,18-/m..1/s1. The molecule has 27 heteroatoms. The number of aromatic amines is 3. The lowest BCUT2D eigenvalue weighted by molar-refractivity contribution is -0.195. The molecule has 564 valence electrons. The second kappa shape index (κ2) is 27.4. The van der Waals surface area contributed by atoms with Gasteiger partial charge in [0, 0.05) is 178 Å². The lowest BCUT2D eigenvalue weighted by Crippen LogP contribution is -2.70. The van der Waals surface area contributed by atoms with E-state index in [1.807, 2.05) is 55.4 Å². The molecule has 0 amide bonds. The van der Waals surface area contributed by atoms with Gasteiger partial charge in [-0.05, 0) is 123 Å². The molecule has 9 fully saturated rings. The van der Waals surface area contributed by atoms with Gasteiger partial charge >= 0.3 is 0 Å². The molecule has 15 aromatic rings. The first-order chi connectivity index (χ1) is 54.7. The van der Waals surface area contributed by atoms with E-state index in [1.165, 1.54) is 43.5 Å². The van der Waals surface area contributed by atoms with Crippen LogP contribution in [0.5, 0.6) is 0 Å². The van der Waals surface area contributed by atoms with Crippen molar-refractivity contribution < 1.29 is 36.9 Å². The summed E-state index contributed by atoms with van der Waals surface area (Å²) in [6, 6.07) is 32.0. The fourth-order valence-electron chi connectivity index (χ4n) is 18.6. The fraction of sp³-hybridized carbons (Fsp3) is 0.393. The summed E-state index contributed by atoms with van der Waals surface area (Å²) < 4.78 is 47.1. The van der Waals surface area contributed by atoms with Crippen molar-refractivity contribution in [2.24, 2.45) is 5.41 Å². The molecule has 3 atom stereocenters. The van der Waals surface area contributed by atoms with Crippen LogP contribution < -0.4 is 14.7 Å². The Morgan fingerprint density at radius 3 is 1.30 bits per heavy atom. The number of nitrogens with zero attached hydrogens (tertiary/aromatic N) is 16. The van der Waals surface area contributed by atoms with E-state index < -0.39 is 0 Å². The van der Waals surface area contributed by atoms with Gasteiger partial charge in [-0.3, -0.25) is 14.7 Å². The summed E-state index contributed by atoms with van der Waals surface area (Å²) in [7, 11) is 2.25. The van der Waals surface area contributed by atoms with Crippen LogP contribution >= 0.6 is 0 Å². The Bertz CT molecular complexity index is 5850. The third-order valence-corrected chi connectivity index (χ3v) is 24.7. The first kappa shape index (κ1) is 67.3. The second-order valence-electron chi connectivity index (χ2n) is 31.7. The van der Waals surface area contributed by atoms with Crippen molar-refractivity contribution in [2.45, 2.75) is 63.0 Å².